The van der Waals surface area contributed by atoms with Crippen molar-refractivity contribution < 1.29 is 5.11 Å². The molecule has 0 fully saturated rings. The van der Waals surface area contributed by atoms with Crippen LogP contribution in [0, 0.1) is 0 Å². The summed E-state index contributed by atoms with van der Waals surface area (Å²) in [5.74, 6) is 0.189. The second-order valence-electron chi connectivity index (χ2n) is 5.91. The van der Waals surface area contributed by atoms with Crippen molar-refractivity contribution in [3.8, 4) is 11.4 Å². The summed E-state index contributed by atoms with van der Waals surface area (Å²) in [5.41, 5.74) is 1.43. The molecule has 0 saturated carbocycles. The standard InChI is InChI=1S/C21H16N2O2/c1-14-20(12-15-6-10-19(24)11-7-15)21(25)23(22-14)18-9-8-16-4-2-3-5-17(16)13-18/h2-13,22,24H,1H2/b20-12-. The summed E-state index contributed by atoms with van der Waals surface area (Å²) in [5, 5.41) is 15.6. The molecule has 0 aliphatic carbocycles. The molecule has 4 heteroatoms. The van der Waals surface area contributed by atoms with Gasteiger partial charge in [0.15, 0.2) is 0 Å². The first-order valence-electron chi connectivity index (χ1n) is 7.92. The molecule has 4 aromatic rings. The lowest BCUT2D eigenvalue weighted by Gasteiger charge is -2.03. The van der Waals surface area contributed by atoms with Crippen molar-refractivity contribution in [1.82, 2.24) is 9.78 Å². The molecular formula is C21H16N2O2. The number of aromatic nitrogens is 2. The highest BCUT2D eigenvalue weighted by atomic mass is 16.3. The molecule has 0 amide bonds. The molecule has 0 bridgehead atoms. The van der Waals surface area contributed by atoms with Crippen LogP contribution in [0.25, 0.3) is 29.1 Å². The van der Waals surface area contributed by atoms with Gasteiger partial charge < -0.3 is 5.11 Å². The van der Waals surface area contributed by atoms with Gasteiger partial charge in [-0.25, -0.2) is 4.68 Å². The largest absolute Gasteiger partial charge is 0.508 e. The molecule has 122 valence electrons. The molecule has 1 heterocycles. The SMILES string of the molecule is C=c1[nH]n(-c2ccc3ccccc3c2)c(=O)/c1=C\c1ccc(O)cc1. The third-order valence-electron chi connectivity index (χ3n) is 4.20. The zero-order chi connectivity index (χ0) is 17.4. The van der Waals surface area contributed by atoms with Crippen molar-refractivity contribution in [2.45, 2.75) is 0 Å². The van der Waals surface area contributed by atoms with E-state index < -0.39 is 0 Å². The Kier molecular flexibility index (Phi) is 3.51. The molecule has 0 atom stereocenters. The van der Waals surface area contributed by atoms with Crippen LogP contribution in [0.3, 0.4) is 0 Å². The number of phenolic OH excluding ortho intramolecular Hbond substituents is 1. The van der Waals surface area contributed by atoms with E-state index in [0.29, 0.717) is 10.6 Å². The molecule has 0 aliphatic rings. The van der Waals surface area contributed by atoms with Crippen LogP contribution in [0.1, 0.15) is 5.56 Å². The Morgan fingerprint density at radius 1 is 0.960 bits per heavy atom. The van der Waals surface area contributed by atoms with Crippen molar-refractivity contribution in [2.24, 2.45) is 0 Å². The van der Waals surface area contributed by atoms with E-state index in [4.69, 9.17) is 0 Å². The van der Waals surface area contributed by atoms with E-state index in [1.165, 1.54) is 4.68 Å². The summed E-state index contributed by atoms with van der Waals surface area (Å²) >= 11 is 0. The molecule has 0 aliphatic heterocycles. The van der Waals surface area contributed by atoms with E-state index >= 15 is 0 Å². The third-order valence-corrected chi connectivity index (χ3v) is 4.20. The van der Waals surface area contributed by atoms with Crippen LogP contribution in [0.4, 0.5) is 0 Å². The molecule has 2 N–H and O–H groups in total. The number of fused-ring (bicyclic) bond motifs is 1. The number of aromatic hydroxyl groups is 1. The lowest BCUT2D eigenvalue weighted by atomic mass is 10.1. The maximum atomic E-state index is 12.8. The van der Waals surface area contributed by atoms with Gasteiger partial charge in [0.25, 0.3) is 5.56 Å². The number of benzene rings is 3. The van der Waals surface area contributed by atoms with Crippen molar-refractivity contribution in [3.63, 3.8) is 0 Å². The lowest BCUT2D eigenvalue weighted by Crippen LogP contribution is -2.33. The number of hydrogen-bond donors (Lipinski definition) is 2. The highest BCUT2D eigenvalue weighted by Gasteiger charge is 2.05. The summed E-state index contributed by atoms with van der Waals surface area (Å²) in [4.78, 5) is 12.8. The van der Waals surface area contributed by atoms with Crippen LogP contribution < -0.4 is 16.1 Å². The molecule has 4 nitrogen and oxygen atoms in total. The molecule has 0 spiro atoms. The van der Waals surface area contributed by atoms with Crippen LogP contribution >= 0.6 is 0 Å². The minimum absolute atomic E-state index is 0.159. The fourth-order valence-electron chi connectivity index (χ4n) is 2.88. The van der Waals surface area contributed by atoms with Gasteiger partial charge in [0.2, 0.25) is 0 Å². The number of nitrogens with one attached hydrogen (secondary N) is 1. The third kappa shape index (κ3) is 2.74. The Labute approximate surface area is 143 Å². The Morgan fingerprint density at radius 3 is 2.44 bits per heavy atom. The predicted molar refractivity (Wildman–Crippen MR) is 100 cm³/mol. The van der Waals surface area contributed by atoms with Crippen LogP contribution in [0.5, 0.6) is 5.75 Å². The molecule has 4 rings (SSSR count). The Morgan fingerprint density at radius 2 is 1.68 bits per heavy atom. The quantitative estimate of drug-likeness (QED) is 0.593. The Hall–Kier alpha value is -3.53. The average Bonchev–Trinajstić information content (AvgIpc) is 2.91. The van der Waals surface area contributed by atoms with E-state index in [9.17, 15) is 9.90 Å². The highest BCUT2D eigenvalue weighted by Crippen LogP contribution is 2.16. The molecule has 0 saturated heterocycles. The van der Waals surface area contributed by atoms with Gasteiger partial charge in [-0.3, -0.25) is 9.89 Å². The first kappa shape index (κ1) is 15.0. The normalized spacial score (nSPS) is 11.9. The number of phenols is 1. The van der Waals surface area contributed by atoms with Crippen molar-refractivity contribution in [3.05, 3.63) is 93.2 Å². The number of hydrogen-bond acceptors (Lipinski definition) is 2. The van der Waals surface area contributed by atoms with Crippen molar-refractivity contribution >= 4 is 23.4 Å². The second-order valence-corrected chi connectivity index (χ2v) is 5.91. The van der Waals surface area contributed by atoms with Crippen LogP contribution in [-0.2, 0) is 0 Å². The highest BCUT2D eigenvalue weighted by molar-refractivity contribution is 5.84. The fraction of sp³-hybridized carbons (Fsp3) is 0. The molecule has 0 radical (unpaired) electrons. The Bertz CT molecular complexity index is 1230. The molecule has 0 unspecified atom stereocenters. The summed E-state index contributed by atoms with van der Waals surface area (Å²) in [6.07, 6.45) is 1.76. The minimum atomic E-state index is -0.159. The summed E-state index contributed by atoms with van der Waals surface area (Å²) in [6, 6.07) is 20.6. The fourth-order valence-corrected chi connectivity index (χ4v) is 2.88. The molecule has 1 aromatic heterocycles. The van der Waals surface area contributed by atoms with E-state index in [1.807, 2.05) is 42.5 Å². The smallest absolute Gasteiger partial charge is 0.279 e. The zero-order valence-corrected chi connectivity index (χ0v) is 13.4. The topological polar surface area (TPSA) is 58.0 Å². The summed E-state index contributed by atoms with van der Waals surface area (Å²) < 4.78 is 1.50. The second kappa shape index (κ2) is 5.83. The maximum Gasteiger partial charge on any atom is 0.279 e. The van der Waals surface area contributed by atoms with Crippen molar-refractivity contribution in [1.29, 1.82) is 0 Å². The Balaban J connectivity index is 1.88. The number of rotatable bonds is 2. The zero-order valence-electron chi connectivity index (χ0n) is 13.4. The average molecular weight is 328 g/mol. The van der Waals surface area contributed by atoms with Gasteiger partial charge in [-0.15, -0.1) is 0 Å². The summed E-state index contributed by atoms with van der Waals surface area (Å²) in [7, 11) is 0. The number of H-pyrrole nitrogens is 1. The van der Waals surface area contributed by atoms with E-state index in [-0.39, 0.29) is 11.3 Å². The van der Waals surface area contributed by atoms with Crippen LogP contribution in [0.2, 0.25) is 0 Å². The van der Waals surface area contributed by atoms with Gasteiger partial charge in [-0.2, -0.15) is 0 Å². The molecule has 25 heavy (non-hydrogen) atoms. The van der Waals surface area contributed by atoms with E-state index in [2.05, 4.69) is 11.7 Å². The van der Waals surface area contributed by atoms with Gasteiger partial charge in [-0.05, 0) is 46.7 Å². The van der Waals surface area contributed by atoms with Gasteiger partial charge in [-0.1, -0.05) is 49.0 Å². The summed E-state index contributed by atoms with van der Waals surface area (Å²) in [6.45, 7) is 3.95. The maximum absolute atomic E-state index is 12.8. The van der Waals surface area contributed by atoms with Crippen molar-refractivity contribution in [2.75, 3.05) is 0 Å². The molecular weight excluding hydrogens is 312 g/mol. The molecule has 3 aromatic carbocycles. The first-order valence-corrected chi connectivity index (χ1v) is 7.92. The van der Waals surface area contributed by atoms with E-state index in [0.717, 1.165) is 22.0 Å². The van der Waals surface area contributed by atoms with Crippen LogP contribution in [-0.4, -0.2) is 14.9 Å². The first-order chi connectivity index (χ1) is 12.1. The minimum Gasteiger partial charge on any atom is -0.508 e. The van der Waals surface area contributed by atoms with Gasteiger partial charge >= 0.3 is 0 Å². The van der Waals surface area contributed by atoms with Crippen LogP contribution in [0.15, 0.2) is 71.5 Å². The predicted octanol–water partition coefficient (Wildman–Crippen LogP) is 2.26. The number of aromatic amines is 1. The van der Waals surface area contributed by atoms with Gasteiger partial charge in [0, 0.05) is 0 Å². The lowest BCUT2D eigenvalue weighted by molar-refractivity contribution is 0.475. The van der Waals surface area contributed by atoms with E-state index in [1.54, 1.807) is 30.3 Å². The van der Waals surface area contributed by atoms with Gasteiger partial charge in [0.1, 0.15) is 5.75 Å². The monoisotopic (exact) mass is 328 g/mol. The number of nitrogens with zero attached hydrogens (tertiary/aromatic N) is 1. The van der Waals surface area contributed by atoms with Gasteiger partial charge in [0.05, 0.1) is 16.3 Å².